The van der Waals surface area contributed by atoms with E-state index in [4.69, 9.17) is 11.5 Å². The van der Waals surface area contributed by atoms with E-state index in [2.05, 4.69) is 41.1 Å². The van der Waals surface area contributed by atoms with E-state index in [1.54, 1.807) is 0 Å². The summed E-state index contributed by atoms with van der Waals surface area (Å²) in [6.07, 6.45) is 8.80. The number of nitrogen functional groups attached to an aromatic ring is 1. The zero-order valence-electron chi connectivity index (χ0n) is 14.0. The Morgan fingerprint density at radius 2 is 1.74 bits per heavy atom. The molecule has 1 heterocycles. The third-order valence-corrected chi connectivity index (χ3v) is 5.05. The Hall–Kier alpha value is -2.10. The number of rotatable bonds is 4. The molecule has 0 saturated carbocycles. The molecule has 1 aromatic carbocycles. The quantitative estimate of drug-likeness (QED) is 0.839. The second kappa shape index (κ2) is 6.99. The fourth-order valence-corrected chi connectivity index (χ4v) is 3.52. The zero-order chi connectivity index (χ0) is 16.2. The van der Waals surface area contributed by atoms with Gasteiger partial charge in [0, 0.05) is 49.5 Å². The van der Waals surface area contributed by atoms with Crippen molar-refractivity contribution in [1.29, 1.82) is 0 Å². The van der Waals surface area contributed by atoms with Gasteiger partial charge in [-0.05, 0) is 68.0 Å². The van der Waals surface area contributed by atoms with Crippen LogP contribution in [0.2, 0.25) is 0 Å². The minimum atomic E-state index is 0.772. The molecule has 2 aliphatic rings. The van der Waals surface area contributed by atoms with Gasteiger partial charge >= 0.3 is 0 Å². The average Bonchev–Trinajstić information content (AvgIpc) is 2.57. The fourth-order valence-electron chi connectivity index (χ4n) is 3.52. The second-order valence-corrected chi connectivity index (χ2v) is 6.80. The van der Waals surface area contributed by atoms with Gasteiger partial charge in [-0.1, -0.05) is 0 Å². The van der Waals surface area contributed by atoms with E-state index < -0.39 is 0 Å². The number of piperidine rings is 1. The summed E-state index contributed by atoms with van der Waals surface area (Å²) < 4.78 is 0. The second-order valence-electron chi connectivity index (χ2n) is 6.80. The van der Waals surface area contributed by atoms with Gasteiger partial charge in [-0.25, -0.2) is 0 Å². The van der Waals surface area contributed by atoms with Crippen LogP contribution in [0.15, 0.2) is 47.8 Å². The van der Waals surface area contributed by atoms with E-state index in [1.165, 1.54) is 24.2 Å². The van der Waals surface area contributed by atoms with Crippen molar-refractivity contribution >= 4 is 11.4 Å². The highest BCUT2D eigenvalue weighted by Crippen LogP contribution is 2.26. The molecule has 0 spiro atoms. The summed E-state index contributed by atoms with van der Waals surface area (Å²) in [5.41, 5.74) is 16.2. The highest BCUT2D eigenvalue weighted by atomic mass is 15.1. The molecule has 0 aromatic heterocycles. The van der Waals surface area contributed by atoms with E-state index in [-0.39, 0.29) is 0 Å². The average molecular weight is 312 g/mol. The summed E-state index contributed by atoms with van der Waals surface area (Å²) in [4.78, 5) is 4.89. The highest BCUT2D eigenvalue weighted by molar-refractivity contribution is 5.53. The molecular weight excluding hydrogens is 284 g/mol. The van der Waals surface area contributed by atoms with Gasteiger partial charge in [0.2, 0.25) is 0 Å². The van der Waals surface area contributed by atoms with Crippen molar-refractivity contribution in [2.75, 3.05) is 37.3 Å². The minimum Gasteiger partial charge on any atom is -0.402 e. The molecule has 4 nitrogen and oxygen atoms in total. The summed E-state index contributed by atoms with van der Waals surface area (Å²) in [7, 11) is 2.22. The molecule has 124 valence electrons. The van der Waals surface area contributed by atoms with E-state index in [0.29, 0.717) is 0 Å². The molecule has 1 saturated heterocycles. The van der Waals surface area contributed by atoms with Gasteiger partial charge in [0.15, 0.2) is 0 Å². The molecule has 4 heteroatoms. The van der Waals surface area contributed by atoms with Gasteiger partial charge in [-0.3, -0.25) is 0 Å². The van der Waals surface area contributed by atoms with Crippen LogP contribution in [0.25, 0.3) is 0 Å². The minimum absolute atomic E-state index is 0.772. The fraction of sp³-hybridized carbons (Fsp3) is 0.474. The number of nitrogens with two attached hydrogens (primary N) is 2. The largest absolute Gasteiger partial charge is 0.402 e. The van der Waals surface area contributed by atoms with Crippen LogP contribution in [-0.2, 0) is 0 Å². The van der Waals surface area contributed by atoms with Crippen LogP contribution in [0.3, 0.4) is 0 Å². The number of allylic oxidation sites excluding steroid dienone is 4. The summed E-state index contributed by atoms with van der Waals surface area (Å²) in [5, 5.41) is 0. The maximum absolute atomic E-state index is 5.85. The summed E-state index contributed by atoms with van der Waals surface area (Å²) in [6, 6.07) is 8.24. The first-order valence-corrected chi connectivity index (χ1v) is 8.58. The van der Waals surface area contributed by atoms with Crippen LogP contribution < -0.4 is 16.4 Å². The molecule has 3 rings (SSSR count). The summed E-state index contributed by atoms with van der Waals surface area (Å²) in [6.45, 7) is 3.41. The van der Waals surface area contributed by atoms with E-state index >= 15 is 0 Å². The van der Waals surface area contributed by atoms with Crippen molar-refractivity contribution < 1.29 is 0 Å². The van der Waals surface area contributed by atoms with Crippen LogP contribution >= 0.6 is 0 Å². The topological polar surface area (TPSA) is 58.5 Å². The van der Waals surface area contributed by atoms with Gasteiger partial charge in [0.05, 0.1) is 0 Å². The van der Waals surface area contributed by atoms with Crippen molar-refractivity contribution in [2.45, 2.75) is 25.7 Å². The Morgan fingerprint density at radius 3 is 2.35 bits per heavy atom. The van der Waals surface area contributed by atoms with Gasteiger partial charge in [-0.15, -0.1) is 0 Å². The SMILES string of the molecule is CN(CC1CCN(c2ccc(N)cc2)CC1)C1=CC=C(N)CC1. The van der Waals surface area contributed by atoms with Crippen LogP contribution in [0.4, 0.5) is 11.4 Å². The first-order valence-electron chi connectivity index (χ1n) is 8.58. The van der Waals surface area contributed by atoms with Crippen LogP contribution in [-0.4, -0.2) is 31.6 Å². The monoisotopic (exact) mass is 312 g/mol. The summed E-state index contributed by atoms with van der Waals surface area (Å²) in [5.74, 6) is 0.772. The normalized spacial score (nSPS) is 19.3. The van der Waals surface area contributed by atoms with Crippen molar-refractivity contribution in [3.8, 4) is 0 Å². The summed E-state index contributed by atoms with van der Waals surface area (Å²) >= 11 is 0. The molecule has 0 bridgehead atoms. The van der Waals surface area contributed by atoms with Crippen LogP contribution in [0.1, 0.15) is 25.7 Å². The molecule has 0 atom stereocenters. The molecule has 1 aliphatic heterocycles. The predicted molar refractivity (Wildman–Crippen MR) is 98.0 cm³/mol. The molecule has 0 amide bonds. The van der Waals surface area contributed by atoms with Crippen LogP contribution in [0.5, 0.6) is 0 Å². The molecule has 23 heavy (non-hydrogen) atoms. The molecule has 1 fully saturated rings. The number of hydrogen-bond acceptors (Lipinski definition) is 4. The van der Waals surface area contributed by atoms with Crippen molar-refractivity contribution in [3.05, 3.63) is 47.8 Å². The van der Waals surface area contributed by atoms with E-state index in [1.807, 2.05) is 12.1 Å². The number of hydrogen-bond donors (Lipinski definition) is 2. The number of anilines is 2. The maximum atomic E-state index is 5.85. The smallest absolute Gasteiger partial charge is 0.0367 e. The first-order chi connectivity index (χ1) is 11.1. The Kier molecular flexibility index (Phi) is 4.79. The molecule has 1 aromatic rings. The van der Waals surface area contributed by atoms with Crippen molar-refractivity contribution in [3.63, 3.8) is 0 Å². The lowest BCUT2D eigenvalue weighted by atomic mass is 9.95. The zero-order valence-corrected chi connectivity index (χ0v) is 14.0. The maximum Gasteiger partial charge on any atom is 0.0367 e. The predicted octanol–water partition coefficient (Wildman–Crippen LogP) is 2.94. The van der Waals surface area contributed by atoms with Gasteiger partial charge in [-0.2, -0.15) is 0 Å². The Morgan fingerprint density at radius 1 is 1.04 bits per heavy atom. The molecular formula is C19H28N4. The van der Waals surface area contributed by atoms with Crippen LogP contribution in [0, 0.1) is 5.92 Å². The van der Waals surface area contributed by atoms with Gasteiger partial charge in [0.25, 0.3) is 0 Å². The highest BCUT2D eigenvalue weighted by Gasteiger charge is 2.21. The van der Waals surface area contributed by atoms with Crippen molar-refractivity contribution in [2.24, 2.45) is 11.7 Å². The van der Waals surface area contributed by atoms with E-state index in [9.17, 15) is 0 Å². The Balaban J connectivity index is 1.50. The van der Waals surface area contributed by atoms with Crippen molar-refractivity contribution in [1.82, 2.24) is 4.90 Å². The van der Waals surface area contributed by atoms with Gasteiger partial charge < -0.3 is 21.3 Å². The standard InChI is InChI=1S/C19H28N4/c1-22(18-6-2-16(20)3-7-18)14-15-10-12-23(13-11-15)19-8-4-17(21)5-9-19/h2,4-6,8-9,15H,3,7,10-14,20-21H2,1H3. The Bertz CT molecular complexity index is 580. The lowest BCUT2D eigenvalue weighted by molar-refractivity contribution is 0.284. The van der Waals surface area contributed by atoms with Gasteiger partial charge in [0.1, 0.15) is 0 Å². The molecule has 0 radical (unpaired) electrons. The first kappa shape index (κ1) is 15.8. The third kappa shape index (κ3) is 4.01. The lowest BCUT2D eigenvalue weighted by Crippen LogP contribution is -2.37. The number of nitrogens with zero attached hydrogens (tertiary/aromatic N) is 2. The third-order valence-electron chi connectivity index (χ3n) is 5.05. The van der Waals surface area contributed by atoms with E-state index in [0.717, 1.165) is 49.8 Å². The molecule has 0 unspecified atom stereocenters. The number of benzene rings is 1. The lowest BCUT2D eigenvalue weighted by Gasteiger charge is -2.36. The Labute approximate surface area is 139 Å². The molecule has 1 aliphatic carbocycles. The molecule has 4 N–H and O–H groups in total.